The number of esters is 1. The zero-order chi connectivity index (χ0) is 18.6. The Kier molecular flexibility index (Phi) is 5.52. The van der Waals surface area contributed by atoms with Crippen LogP contribution in [0.15, 0.2) is 30.9 Å². The van der Waals surface area contributed by atoms with Gasteiger partial charge in [0.1, 0.15) is 0 Å². The molecule has 1 atom stereocenters. The maximum absolute atomic E-state index is 12.5. The summed E-state index contributed by atoms with van der Waals surface area (Å²) in [5.41, 5.74) is -1.16. The van der Waals surface area contributed by atoms with E-state index in [0.29, 0.717) is 12.3 Å². The first-order valence-electron chi connectivity index (χ1n) is 6.69. The minimum Gasteiger partial charge on any atom is -0.448 e. The van der Waals surface area contributed by atoms with Crippen molar-refractivity contribution < 1.29 is 27.5 Å². The van der Waals surface area contributed by atoms with E-state index in [0.717, 1.165) is 6.20 Å². The Balaban J connectivity index is 2.03. The number of hydrogen-bond donors (Lipinski definition) is 1. The highest BCUT2D eigenvalue weighted by Crippen LogP contribution is 2.32. The molecule has 25 heavy (non-hydrogen) atoms. The van der Waals surface area contributed by atoms with Gasteiger partial charge in [0.15, 0.2) is 17.6 Å². The predicted molar refractivity (Wildman–Crippen MR) is 79.8 cm³/mol. The summed E-state index contributed by atoms with van der Waals surface area (Å²) in [4.78, 5) is 34.6. The molecule has 11 heteroatoms. The van der Waals surface area contributed by atoms with Crippen LogP contribution in [0, 0.1) is 0 Å². The molecule has 0 saturated carbocycles. The molecule has 2 rings (SSSR count). The van der Waals surface area contributed by atoms with Crippen LogP contribution in [0.25, 0.3) is 0 Å². The summed E-state index contributed by atoms with van der Waals surface area (Å²) >= 11 is 5.68. The van der Waals surface area contributed by atoms with E-state index in [1.807, 2.05) is 0 Å². The molecule has 1 N–H and O–H groups in total. The molecule has 0 fully saturated rings. The molecule has 2 aromatic heterocycles. The molecule has 0 radical (unpaired) electrons. The third-order valence-corrected chi connectivity index (χ3v) is 3.12. The molecule has 132 valence electrons. The number of alkyl halides is 3. The fourth-order valence-electron chi connectivity index (χ4n) is 1.58. The van der Waals surface area contributed by atoms with Crippen molar-refractivity contribution in [2.24, 2.45) is 0 Å². The summed E-state index contributed by atoms with van der Waals surface area (Å²) in [6, 6.07) is 0.625. The van der Waals surface area contributed by atoms with Crippen LogP contribution < -0.4 is 5.32 Å². The molecular weight excluding hydrogens is 365 g/mol. The van der Waals surface area contributed by atoms with E-state index in [4.69, 9.17) is 16.3 Å². The number of rotatable bonds is 4. The van der Waals surface area contributed by atoms with Gasteiger partial charge in [0.05, 0.1) is 16.8 Å². The quantitative estimate of drug-likeness (QED) is 0.827. The number of halogens is 4. The van der Waals surface area contributed by atoms with Gasteiger partial charge in [0.2, 0.25) is 0 Å². The molecule has 2 aromatic rings. The number of ether oxygens (including phenoxy) is 1. The number of amides is 1. The number of anilines is 1. The molecule has 0 aliphatic rings. The first kappa shape index (κ1) is 18.6. The maximum Gasteiger partial charge on any atom is 0.417 e. The minimum atomic E-state index is -4.61. The Morgan fingerprint density at radius 3 is 2.52 bits per heavy atom. The highest BCUT2D eigenvalue weighted by atomic mass is 35.5. The van der Waals surface area contributed by atoms with Crippen molar-refractivity contribution in [2.75, 3.05) is 5.32 Å². The lowest BCUT2D eigenvalue weighted by Crippen LogP contribution is -2.30. The Bertz CT molecular complexity index is 787. The van der Waals surface area contributed by atoms with Gasteiger partial charge in [0.25, 0.3) is 5.91 Å². The standard InChI is InChI=1S/C14H10ClF3N4O3/c1-7(25-13(24)10-6-19-2-3-20-10)12(23)22-11-9(15)4-8(5-21-11)14(16,17)18/h2-7H,1H3,(H,21,22,23)/t7-/m0/s1. The number of pyridine rings is 1. The van der Waals surface area contributed by atoms with Crippen LogP contribution in [0.5, 0.6) is 0 Å². The lowest BCUT2D eigenvalue weighted by Gasteiger charge is -2.14. The molecule has 0 aromatic carbocycles. The van der Waals surface area contributed by atoms with Crippen molar-refractivity contribution in [3.8, 4) is 0 Å². The predicted octanol–water partition coefficient (Wildman–Crippen LogP) is 2.73. The normalized spacial score (nSPS) is 12.4. The van der Waals surface area contributed by atoms with Gasteiger partial charge in [-0.25, -0.2) is 14.8 Å². The van der Waals surface area contributed by atoms with Gasteiger partial charge < -0.3 is 10.1 Å². The molecular formula is C14H10ClF3N4O3. The van der Waals surface area contributed by atoms with Gasteiger partial charge >= 0.3 is 12.1 Å². The summed E-state index contributed by atoms with van der Waals surface area (Å²) in [5.74, 6) is -2.00. The highest BCUT2D eigenvalue weighted by molar-refractivity contribution is 6.33. The lowest BCUT2D eigenvalue weighted by molar-refractivity contribution is -0.137. The SMILES string of the molecule is C[C@H](OC(=O)c1cnccn1)C(=O)Nc1ncc(C(F)(F)F)cc1Cl. The van der Waals surface area contributed by atoms with Gasteiger partial charge in [0, 0.05) is 18.6 Å². The second-order valence-corrected chi connectivity index (χ2v) is 5.09. The highest BCUT2D eigenvalue weighted by Gasteiger charge is 2.32. The van der Waals surface area contributed by atoms with Crippen LogP contribution in [0.3, 0.4) is 0 Å². The third kappa shape index (κ3) is 4.86. The van der Waals surface area contributed by atoms with Gasteiger partial charge in [-0.2, -0.15) is 13.2 Å². The molecule has 0 aliphatic heterocycles. The van der Waals surface area contributed by atoms with Gasteiger partial charge in [-0.3, -0.25) is 9.78 Å². The number of nitrogens with zero attached hydrogens (tertiary/aromatic N) is 3. The van der Waals surface area contributed by atoms with Crippen molar-refractivity contribution in [3.05, 3.63) is 47.1 Å². The largest absolute Gasteiger partial charge is 0.448 e. The van der Waals surface area contributed by atoms with E-state index < -0.39 is 34.7 Å². The molecule has 0 saturated heterocycles. The van der Waals surface area contributed by atoms with E-state index in [-0.39, 0.29) is 11.5 Å². The molecule has 0 aliphatic carbocycles. The van der Waals surface area contributed by atoms with Gasteiger partial charge in [-0.15, -0.1) is 0 Å². The summed E-state index contributed by atoms with van der Waals surface area (Å²) in [6.45, 7) is 1.27. The van der Waals surface area contributed by atoms with Crippen LogP contribution in [0.1, 0.15) is 23.0 Å². The molecule has 7 nitrogen and oxygen atoms in total. The third-order valence-electron chi connectivity index (χ3n) is 2.84. The zero-order valence-electron chi connectivity index (χ0n) is 12.5. The van der Waals surface area contributed by atoms with Crippen molar-refractivity contribution in [1.82, 2.24) is 15.0 Å². The van der Waals surface area contributed by atoms with E-state index in [1.54, 1.807) is 0 Å². The number of carbonyl (C=O) groups is 2. The number of carbonyl (C=O) groups excluding carboxylic acids is 2. The molecule has 0 bridgehead atoms. The van der Waals surface area contributed by atoms with E-state index in [2.05, 4.69) is 20.3 Å². The van der Waals surface area contributed by atoms with Crippen LogP contribution in [0.4, 0.5) is 19.0 Å². The van der Waals surface area contributed by atoms with Gasteiger partial charge in [-0.05, 0) is 13.0 Å². The smallest absolute Gasteiger partial charge is 0.417 e. The summed E-state index contributed by atoms with van der Waals surface area (Å²) < 4.78 is 42.5. The molecule has 0 unspecified atom stereocenters. The fraction of sp³-hybridized carbons (Fsp3) is 0.214. The molecule has 1 amide bonds. The number of nitrogens with one attached hydrogen (secondary N) is 1. The Morgan fingerprint density at radius 2 is 1.96 bits per heavy atom. The first-order valence-corrected chi connectivity index (χ1v) is 7.07. The Morgan fingerprint density at radius 1 is 1.24 bits per heavy atom. The maximum atomic E-state index is 12.5. The minimum absolute atomic E-state index is 0.104. The fourth-order valence-corrected chi connectivity index (χ4v) is 1.80. The van der Waals surface area contributed by atoms with Crippen LogP contribution >= 0.6 is 11.6 Å². The topological polar surface area (TPSA) is 94.1 Å². The van der Waals surface area contributed by atoms with E-state index in [1.165, 1.54) is 19.3 Å². The number of hydrogen-bond acceptors (Lipinski definition) is 6. The summed E-state index contributed by atoms with van der Waals surface area (Å²) in [7, 11) is 0. The van der Waals surface area contributed by atoms with E-state index >= 15 is 0 Å². The summed E-state index contributed by atoms with van der Waals surface area (Å²) in [5, 5.41) is 1.78. The Hall–Kier alpha value is -2.75. The average molecular weight is 375 g/mol. The van der Waals surface area contributed by atoms with Crippen LogP contribution in [0.2, 0.25) is 5.02 Å². The molecule has 0 spiro atoms. The zero-order valence-corrected chi connectivity index (χ0v) is 13.3. The Labute approximate surface area is 144 Å². The monoisotopic (exact) mass is 374 g/mol. The second kappa shape index (κ2) is 7.43. The van der Waals surface area contributed by atoms with Crippen molar-refractivity contribution in [1.29, 1.82) is 0 Å². The second-order valence-electron chi connectivity index (χ2n) is 4.68. The lowest BCUT2D eigenvalue weighted by atomic mass is 10.2. The van der Waals surface area contributed by atoms with Crippen molar-refractivity contribution in [3.63, 3.8) is 0 Å². The van der Waals surface area contributed by atoms with Crippen molar-refractivity contribution in [2.45, 2.75) is 19.2 Å². The van der Waals surface area contributed by atoms with Crippen molar-refractivity contribution >= 4 is 29.3 Å². The van der Waals surface area contributed by atoms with Crippen LogP contribution in [-0.4, -0.2) is 32.9 Å². The van der Waals surface area contributed by atoms with Gasteiger partial charge in [-0.1, -0.05) is 11.6 Å². The van der Waals surface area contributed by atoms with Crippen LogP contribution in [-0.2, 0) is 15.7 Å². The first-order chi connectivity index (χ1) is 11.7. The number of aromatic nitrogens is 3. The molecule has 2 heterocycles. The van der Waals surface area contributed by atoms with E-state index in [9.17, 15) is 22.8 Å². The summed E-state index contributed by atoms with van der Waals surface area (Å²) in [6.07, 6.45) is -1.58. The average Bonchev–Trinajstić information content (AvgIpc) is 2.56.